The molecule has 0 aliphatic carbocycles. The second-order valence-corrected chi connectivity index (χ2v) is 4.64. The van der Waals surface area contributed by atoms with E-state index in [2.05, 4.69) is 20.5 Å². The summed E-state index contributed by atoms with van der Waals surface area (Å²) >= 11 is 0. The first-order valence-corrected chi connectivity index (χ1v) is 5.77. The Balaban J connectivity index is 2.55. The number of aromatic nitrogens is 1. The van der Waals surface area contributed by atoms with E-state index in [0.717, 1.165) is 17.4 Å². The zero-order valence-electron chi connectivity index (χ0n) is 11.2. The van der Waals surface area contributed by atoms with Gasteiger partial charge in [-0.2, -0.15) is 0 Å². The molecule has 96 valence electrons. The first kappa shape index (κ1) is 12.6. The van der Waals surface area contributed by atoms with Crippen molar-refractivity contribution >= 4 is 16.6 Å². The van der Waals surface area contributed by atoms with Crippen LogP contribution in [0.3, 0.4) is 0 Å². The lowest BCUT2D eigenvalue weighted by Crippen LogP contribution is -2.10. The largest absolute Gasteiger partial charge is 0.350 e. The zero-order valence-corrected chi connectivity index (χ0v) is 11.2. The van der Waals surface area contributed by atoms with Crippen molar-refractivity contribution in [3.8, 4) is 0 Å². The van der Waals surface area contributed by atoms with E-state index in [4.69, 9.17) is 0 Å². The van der Waals surface area contributed by atoms with E-state index < -0.39 is 0 Å². The molecular formula is C13H18N3O2+. The number of nitrogens with zero attached hydrogens (tertiary/aromatic N) is 3. The zero-order chi connectivity index (χ0) is 13.3. The lowest BCUT2D eigenvalue weighted by molar-refractivity contribution is -0.736. The molecule has 0 spiro atoms. The van der Waals surface area contributed by atoms with Gasteiger partial charge in [0.15, 0.2) is 7.11 Å². The van der Waals surface area contributed by atoms with Crippen LogP contribution in [0.4, 0.5) is 5.69 Å². The van der Waals surface area contributed by atoms with Crippen LogP contribution in [-0.4, -0.2) is 35.6 Å². The minimum Gasteiger partial charge on any atom is -0.350 e. The molecule has 0 aliphatic rings. The molecule has 1 aromatic carbocycles. The quantitative estimate of drug-likeness (QED) is 0.778. The SMILES string of the molecule is CO[N+](=O)c1ccc2c(c1)c(CN(C)C)cn2C. The summed E-state index contributed by atoms with van der Waals surface area (Å²) in [6.45, 7) is 0.840. The fourth-order valence-electron chi connectivity index (χ4n) is 2.15. The molecule has 0 saturated heterocycles. The Morgan fingerprint density at radius 2 is 2.11 bits per heavy atom. The van der Waals surface area contributed by atoms with Crippen molar-refractivity contribution in [2.75, 3.05) is 21.2 Å². The van der Waals surface area contributed by atoms with E-state index in [-0.39, 0.29) is 0 Å². The Labute approximate surface area is 106 Å². The van der Waals surface area contributed by atoms with Crippen molar-refractivity contribution in [2.24, 2.45) is 7.05 Å². The third-order valence-electron chi connectivity index (χ3n) is 2.92. The summed E-state index contributed by atoms with van der Waals surface area (Å²) in [4.78, 5) is 18.8. The summed E-state index contributed by atoms with van der Waals surface area (Å²) < 4.78 is 2.07. The van der Waals surface area contributed by atoms with Crippen molar-refractivity contribution in [1.29, 1.82) is 0 Å². The van der Waals surface area contributed by atoms with Crippen LogP contribution in [0.15, 0.2) is 24.4 Å². The van der Waals surface area contributed by atoms with Crippen LogP contribution < -0.4 is 0 Å². The predicted octanol–water partition coefficient (Wildman–Crippen LogP) is 2.21. The third kappa shape index (κ3) is 2.22. The molecule has 0 atom stereocenters. The Morgan fingerprint density at radius 3 is 2.72 bits per heavy atom. The number of rotatable bonds is 4. The van der Waals surface area contributed by atoms with Crippen LogP contribution in [0.5, 0.6) is 0 Å². The number of hydrogen-bond acceptors (Lipinski definition) is 3. The summed E-state index contributed by atoms with van der Waals surface area (Å²) in [6, 6.07) is 5.57. The molecule has 0 unspecified atom stereocenters. The highest BCUT2D eigenvalue weighted by Gasteiger charge is 2.17. The number of benzene rings is 1. The summed E-state index contributed by atoms with van der Waals surface area (Å²) in [5.74, 6) is 0. The maximum absolute atomic E-state index is 11.5. The normalized spacial score (nSPS) is 11.2. The molecule has 5 nitrogen and oxygen atoms in total. The van der Waals surface area contributed by atoms with Gasteiger partial charge in [0.1, 0.15) is 0 Å². The lowest BCUT2D eigenvalue weighted by Gasteiger charge is -2.07. The van der Waals surface area contributed by atoms with Crippen LogP contribution in [0.2, 0.25) is 0 Å². The topological polar surface area (TPSA) is 37.5 Å². The molecular weight excluding hydrogens is 230 g/mol. The summed E-state index contributed by atoms with van der Waals surface area (Å²) in [5.41, 5.74) is 2.82. The van der Waals surface area contributed by atoms with Crippen LogP contribution in [0.25, 0.3) is 10.9 Å². The van der Waals surface area contributed by atoms with Gasteiger partial charge in [0.25, 0.3) is 4.92 Å². The van der Waals surface area contributed by atoms with Gasteiger partial charge in [0, 0.05) is 42.8 Å². The van der Waals surface area contributed by atoms with Crippen LogP contribution in [0.1, 0.15) is 5.56 Å². The van der Waals surface area contributed by atoms with Gasteiger partial charge < -0.3 is 9.47 Å². The highest BCUT2D eigenvalue weighted by Crippen LogP contribution is 2.26. The van der Waals surface area contributed by atoms with Gasteiger partial charge in [-0.1, -0.05) is 0 Å². The highest BCUT2D eigenvalue weighted by molar-refractivity contribution is 5.86. The Morgan fingerprint density at radius 1 is 1.39 bits per heavy atom. The Bertz CT molecular complexity index is 587. The van der Waals surface area contributed by atoms with E-state index in [0.29, 0.717) is 10.6 Å². The molecule has 0 saturated carbocycles. The van der Waals surface area contributed by atoms with Crippen molar-refractivity contribution in [3.05, 3.63) is 34.9 Å². The first-order chi connectivity index (χ1) is 8.52. The molecule has 0 aliphatic heterocycles. The Kier molecular flexibility index (Phi) is 3.34. The van der Waals surface area contributed by atoms with E-state index in [1.165, 1.54) is 12.7 Å². The van der Waals surface area contributed by atoms with E-state index in [9.17, 15) is 4.91 Å². The van der Waals surface area contributed by atoms with Crippen LogP contribution in [0, 0.1) is 4.91 Å². The smallest absolute Gasteiger partial charge is 0.317 e. The average Bonchev–Trinajstić information content (AvgIpc) is 2.64. The van der Waals surface area contributed by atoms with Gasteiger partial charge >= 0.3 is 5.69 Å². The minimum atomic E-state index is 0.510. The minimum absolute atomic E-state index is 0.510. The maximum Gasteiger partial charge on any atom is 0.317 e. The van der Waals surface area contributed by atoms with Crippen molar-refractivity contribution in [3.63, 3.8) is 0 Å². The summed E-state index contributed by atoms with van der Waals surface area (Å²) in [5, 5.41) is 1.08. The van der Waals surface area contributed by atoms with Gasteiger partial charge in [-0.05, 0) is 25.7 Å². The van der Waals surface area contributed by atoms with Gasteiger partial charge in [-0.15, -0.1) is 0 Å². The average molecular weight is 248 g/mol. The molecule has 1 aromatic heterocycles. The summed E-state index contributed by atoms with van der Waals surface area (Å²) in [6.07, 6.45) is 2.09. The van der Waals surface area contributed by atoms with Crippen LogP contribution in [-0.2, 0) is 18.4 Å². The first-order valence-electron chi connectivity index (χ1n) is 5.77. The molecule has 0 fully saturated rings. The molecule has 2 aromatic rings. The van der Waals surface area contributed by atoms with Gasteiger partial charge in [0.05, 0.1) is 4.91 Å². The molecule has 1 heterocycles. The number of aryl methyl sites for hydroxylation is 1. The van der Waals surface area contributed by atoms with Gasteiger partial charge in [0.2, 0.25) is 0 Å². The fraction of sp³-hybridized carbons (Fsp3) is 0.385. The highest BCUT2D eigenvalue weighted by atomic mass is 16.8. The molecule has 18 heavy (non-hydrogen) atoms. The molecule has 5 heteroatoms. The fourth-order valence-corrected chi connectivity index (χ4v) is 2.15. The van der Waals surface area contributed by atoms with Crippen molar-refractivity contribution < 1.29 is 9.76 Å². The molecule has 0 amide bonds. The monoisotopic (exact) mass is 248 g/mol. The molecule has 0 bridgehead atoms. The molecule has 2 rings (SSSR count). The van der Waals surface area contributed by atoms with Gasteiger partial charge in [-0.25, -0.2) is 4.84 Å². The molecule has 0 N–H and O–H groups in total. The van der Waals surface area contributed by atoms with Crippen LogP contribution >= 0.6 is 0 Å². The van der Waals surface area contributed by atoms with Crippen molar-refractivity contribution in [1.82, 2.24) is 9.47 Å². The standard InChI is InChI=1S/C13H18N3O2/c1-14(2)8-10-9-15(3)13-6-5-11(7-12(10)13)16(17)18-4/h5-7,9H,8H2,1-4H3/q+1. The second-order valence-electron chi connectivity index (χ2n) is 4.64. The predicted molar refractivity (Wildman–Crippen MR) is 70.6 cm³/mol. The summed E-state index contributed by atoms with van der Waals surface area (Å²) in [7, 11) is 7.42. The number of hydrogen-bond donors (Lipinski definition) is 0. The van der Waals surface area contributed by atoms with Gasteiger partial charge in [-0.3, -0.25) is 0 Å². The Hall–Kier alpha value is -1.88. The second kappa shape index (κ2) is 4.78. The van der Waals surface area contributed by atoms with E-state index in [1.807, 2.05) is 33.3 Å². The van der Waals surface area contributed by atoms with E-state index in [1.54, 1.807) is 6.07 Å². The van der Waals surface area contributed by atoms with Crippen molar-refractivity contribution in [2.45, 2.75) is 6.54 Å². The van der Waals surface area contributed by atoms with E-state index >= 15 is 0 Å². The maximum atomic E-state index is 11.5. The third-order valence-corrected chi connectivity index (χ3v) is 2.92. The lowest BCUT2D eigenvalue weighted by atomic mass is 10.1. The molecule has 0 radical (unpaired) electrons. The number of fused-ring (bicyclic) bond motifs is 1.